The molecular weight excluding hydrogens is 267 g/mol. The van der Waals surface area contributed by atoms with E-state index in [4.69, 9.17) is 26.0 Å². The normalized spacial score (nSPS) is 20.0. The summed E-state index contributed by atoms with van der Waals surface area (Å²) in [6, 6.07) is -0.740. The fourth-order valence-corrected chi connectivity index (χ4v) is 4.21. The molecule has 98 valence electrons. The summed E-state index contributed by atoms with van der Waals surface area (Å²) in [5.41, 5.74) is 0. The predicted octanol–water partition coefficient (Wildman–Crippen LogP) is 0.762. The molecule has 0 aliphatic carbocycles. The van der Waals surface area contributed by atoms with Crippen molar-refractivity contribution in [2.45, 2.75) is 19.9 Å². The molecule has 17 heavy (non-hydrogen) atoms. The predicted molar refractivity (Wildman–Crippen MR) is 64.2 cm³/mol. The van der Waals surface area contributed by atoms with Crippen molar-refractivity contribution >= 4 is 30.4 Å². The van der Waals surface area contributed by atoms with Gasteiger partial charge in [-0.25, -0.2) is 4.79 Å². The Bertz CT molecular complexity index is 354. The number of rotatable bonds is 6. The molecule has 0 aromatic heterocycles. The Labute approximate surface area is 104 Å². The van der Waals surface area contributed by atoms with Gasteiger partial charge in [-0.05, 0) is 25.7 Å². The first kappa shape index (κ1) is 14.4. The molecule has 1 saturated heterocycles. The number of β-lactam (4-membered cyclic amide) rings is 1. The molecule has 0 spiro atoms. The van der Waals surface area contributed by atoms with Gasteiger partial charge in [-0.2, -0.15) is 0 Å². The van der Waals surface area contributed by atoms with Crippen LogP contribution in [0.15, 0.2) is 0 Å². The molecule has 0 aromatic rings. The van der Waals surface area contributed by atoms with E-state index in [1.54, 1.807) is 13.8 Å². The maximum atomic E-state index is 11.7. The van der Waals surface area contributed by atoms with Crippen molar-refractivity contribution in [3.05, 3.63) is 0 Å². The van der Waals surface area contributed by atoms with Crippen molar-refractivity contribution in [1.82, 2.24) is 9.99 Å². The van der Waals surface area contributed by atoms with Gasteiger partial charge in [0.1, 0.15) is 6.04 Å². The SMILES string of the molecule is CCOP(=S)(OCC)N1CC(NC(=O)O)C1=O. The van der Waals surface area contributed by atoms with Gasteiger partial charge in [-0.3, -0.25) is 9.46 Å². The lowest BCUT2D eigenvalue weighted by molar-refractivity contribution is -0.137. The van der Waals surface area contributed by atoms with Gasteiger partial charge in [0.05, 0.1) is 19.8 Å². The van der Waals surface area contributed by atoms with E-state index in [0.29, 0.717) is 13.2 Å². The maximum Gasteiger partial charge on any atom is 0.405 e. The number of carbonyl (C=O) groups is 2. The number of amides is 2. The average molecular weight is 282 g/mol. The highest BCUT2D eigenvalue weighted by molar-refractivity contribution is 8.09. The average Bonchev–Trinajstić information content (AvgIpc) is 2.23. The van der Waals surface area contributed by atoms with Crippen LogP contribution in [0.1, 0.15) is 13.8 Å². The Morgan fingerprint density at radius 3 is 2.47 bits per heavy atom. The van der Waals surface area contributed by atoms with E-state index in [-0.39, 0.29) is 6.54 Å². The van der Waals surface area contributed by atoms with Crippen molar-refractivity contribution < 1.29 is 23.7 Å². The highest BCUT2D eigenvalue weighted by atomic mass is 32.5. The molecule has 1 rings (SSSR count). The van der Waals surface area contributed by atoms with Crippen molar-refractivity contribution in [2.75, 3.05) is 19.8 Å². The van der Waals surface area contributed by atoms with Crippen molar-refractivity contribution in [3.63, 3.8) is 0 Å². The zero-order valence-electron chi connectivity index (χ0n) is 9.58. The van der Waals surface area contributed by atoms with Crippen molar-refractivity contribution in [2.24, 2.45) is 0 Å². The summed E-state index contributed by atoms with van der Waals surface area (Å²) in [5, 5.41) is 10.6. The minimum Gasteiger partial charge on any atom is -0.465 e. The van der Waals surface area contributed by atoms with Crippen molar-refractivity contribution in [1.29, 1.82) is 0 Å². The number of carboxylic acid groups (broad SMARTS) is 1. The van der Waals surface area contributed by atoms with E-state index < -0.39 is 24.7 Å². The van der Waals surface area contributed by atoms with E-state index in [2.05, 4.69) is 5.32 Å². The molecule has 0 saturated carbocycles. The fraction of sp³-hybridized carbons (Fsp3) is 0.750. The number of carbonyl (C=O) groups excluding carboxylic acids is 1. The molecular formula is C8H15N2O5PS. The second kappa shape index (κ2) is 5.77. The van der Waals surface area contributed by atoms with Gasteiger partial charge in [-0.1, -0.05) is 0 Å². The Kier molecular flexibility index (Phi) is 4.88. The highest BCUT2D eigenvalue weighted by Gasteiger charge is 2.46. The Balaban J connectivity index is 2.65. The molecule has 0 aromatic carbocycles. The van der Waals surface area contributed by atoms with Gasteiger partial charge >= 0.3 is 6.09 Å². The molecule has 7 nitrogen and oxygen atoms in total. The second-order valence-corrected chi connectivity index (χ2v) is 6.55. The summed E-state index contributed by atoms with van der Waals surface area (Å²) in [7, 11) is 0. The third-order valence-corrected chi connectivity index (χ3v) is 5.43. The van der Waals surface area contributed by atoms with Crippen LogP contribution in [0.3, 0.4) is 0 Å². The summed E-state index contributed by atoms with van der Waals surface area (Å²) in [5.74, 6) is -0.391. The lowest BCUT2D eigenvalue weighted by Gasteiger charge is -2.43. The van der Waals surface area contributed by atoms with E-state index in [0.717, 1.165) is 0 Å². The number of hydrogen-bond donors (Lipinski definition) is 2. The summed E-state index contributed by atoms with van der Waals surface area (Å²) >= 11 is 5.21. The third kappa shape index (κ3) is 3.16. The van der Waals surface area contributed by atoms with Gasteiger partial charge in [0, 0.05) is 0 Å². The minimum atomic E-state index is -2.78. The fourth-order valence-electron chi connectivity index (χ4n) is 1.39. The standard InChI is InChI=1S/C8H15N2O5PS/c1-3-14-16(17,15-4-2)10-5-6(7(10)11)9-8(12)13/h6,9H,3-5H2,1-2H3,(H,12,13). The van der Waals surface area contributed by atoms with E-state index in [1.807, 2.05) is 0 Å². The monoisotopic (exact) mass is 282 g/mol. The van der Waals surface area contributed by atoms with Gasteiger partial charge in [0.25, 0.3) is 12.5 Å². The summed E-state index contributed by atoms with van der Waals surface area (Å²) in [6.45, 7) is 1.63. The lowest BCUT2D eigenvalue weighted by Crippen LogP contribution is -2.62. The van der Waals surface area contributed by atoms with Crippen LogP contribution in [0, 0.1) is 0 Å². The molecule has 1 aliphatic rings. The van der Waals surface area contributed by atoms with Crippen LogP contribution < -0.4 is 5.32 Å². The van der Waals surface area contributed by atoms with Gasteiger partial charge < -0.3 is 19.5 Å². The zero-order chi connectivity index (χ0) is 13.1. The first-order valence-electron chi connectivity index (χ1n) is 5.15. The molecule has 1 unspecified atom stereocenters. The van der Waals surface area contributed by atoms with Crippen molar-refractivity contribution in [3.8, 4) is 0 Å². The summed E-state index contributed by atoms with van der Waals surface area (Å²) in [6.07, 6.45) is -1.23. The van der Waals surface area contributed by atoms with E-state index in [9.17, 15) is 9.59 Å². The molecule has 2 N–H and O–H groups in total. The second-order valence-electron chi connectivity index (χ2n) is 3.23. The molecule has 1 fully saturated rings. The van der Waals surface area contributed by atoms with Gasteiger partial charge in [0.15, 0.2) is 0 Å². The number of nitrogens with one attached hydrogen (secondary N) is 1. The van der Waals surface area contributed by atoms with Gasteiger partial charge in [0.2, 0.25) is 0 Å². The van der Waals surface area contributed by atoms with Crippen LogP contribution in [0.2, 0.25) is 0 Å². The minimum absolute atomic E-state index is 0.197. The summed E-state index contributed by atoms with van der Waals surface area (Å²) < 4.78 is 12.0. The quantitative estimate of drug-likeness (QED) is 0.552. The van der Waals surface area contributed by atoms with Crippen LogP contribution in [0.5, 0.6) is 0 Å². The molecule has 1 aliphatic heterocycles. The number of nitrogens with zero attached hydrogens (tertiary/aromatic N) is 1. The van der Waals surface area contributed by atoms with E-state index >= 15 is 0 Å². The van der Waals surface area contributed by atoms with E-state index in [1.165, 1.54) is 4.67 Å². The molecule has 0 radical (unpaired) electrons. The number of hydrogen-bond acceptors (Lipinski definition) is 5. The van der Waals surface area contributed by atoms with Crippen LogP contribution in [-0.4, -0.2) is 47.6 Å². The summed E-state index contributed by atoms with van der Waals surface area (Å²) in [4.78, 5) is 22.1. The molecule has 2 amide bonds. The molecule has 1 heterocycles. The maximum absolute atomic E-state index is 11.7. The van der Waals surface area contributed by atoms with Crippen LogP contribution in [-0.2, 0) is 25.6 Å². The molecule has 0 bridgehead atoms. The Morgan fingerprint density at radius 1 is 1.59 bits per heavy atom. The molecule has 9 heteroatoms. The Hall–Kier alpha value is -0.690. The zero-order valence-corrected chi connectivity index (χ0v) is 11.3. The topological polar surface area (TPSA) is 88.1 Å². The first-order valence-corrected chi connectivity index (χ1v) is 7.74. The third-order valence-electron chi connectivity index (χ3n) is 2.09. The Morgan fingerprint density at radius 2 is 2.12 bits per heavy atom. The lowest BCUT2D eigenvalue weighted by atomic mass is 10.2. The van der Waals surface area contributed by atoms with Crippen LogP contribution in [0.25, 0.3) is 0 Å². The largest absolute Gasteiger partial charge is 0.465 e. The van der Waals surface area contributed by atoms with Gasteiger partial charge in [-0.15, -0.1) is 0 Å². The highest BCUT2D eigenvalue weighted by Crippen LogP contribution is 2.55. The van der Waals surface area contributed by atoms with Crippen LogP contribution >= 0.6 is 6.64 Å². The van der Waals surface area contributed by atoms with Crippen LogP contribution in [0.4, 0.5) is 4.79 Å². The smallest absolute Gasteiger partial charge is 0.405 e. The molecule has 1 atom stereocenters. The first-order chi connectivity index (χ1) is 7.94.